The van der Waals surface area contributed by atoms with Crippen molar-refractivity contribution in [1.82, 2.24) is 14.9 Å². The molecule has 18 heavy (non-hydrogen) atoms. The SMILES string of the molecule is CN(C)CCCOc1ncnc2ccc(I)cc12. The van der Waals surface area contributed by atoms with Crippen LogP contribution in [-0.2, 0) is 0 Å². The van der Waals surface area contributed by atoms with Gasteiger partial charge in [0.25, 0.3) is 0 Å². The summed E-state index contributed by atoms with van der Waals surface area (Å²) in [5.74, 6) is 0.678. The van der Waals surface area contributed by atoms with Crippen molar-refractivity contribution in [2.24, 2.45) is 0 Å². The summed E-state index contributed by atoms with van der Waals surface area (Å²) in [6.07, 6.45) is 2.54. The molecule has 2 rings (SSSR count). The zero-order valence-electron chi connectivity index (χ0n) is 10.6. The van der Waals surface area contributed by atoms with Crippen LogP contribution in [0, 0.1) is 3.57 Å². The third kappa shape index (κ3) is 3.52. The van der Waals surface area contributed by atoms with Crippen LogP contribution in [0.3, 0.4) is 0 Å². The van der Waals surface area contributed by atoms with E-state index < -0.39 is 0 Å². The molecule has 0 saturated carbocycles. The van der Waals surface area contributed by atoms with E-state index in [2.05, 4.69) is 57.6 Å². The van der Waals surface area contributed by atoms with E-state index in [-0.39, 0.29) is 0 Å². The molecule has 1 heterocycles. The molecule has 0 aliphatic carbocycles. The Morgan fingerprint density at radius 3 is 2.89 bits per heavy atom. The van der Waals surface area contributed by atoms with Gasteiger partial charge in [0.15, 0.2) is 0 Å². The molecule has 0 unspecified atom stereocenters. The number of nitrogens with zero attached hydrogens (tertiary/aromatic N) is 3. The Kier molecular flexibility index (Phi) is 4.71. The van der Waals surface area contributed by atoms with Gasteiger partial charge in [-0.1, -0.05) is 0 Å². The molecule has 0 spiro atoms. The molecule has 0 radical (unpaired) electrons. The van der Waals surface area contributed by atoms with Crippen LogP contribution in [0.4, 0.5) is 0 Å². The summed E-state index contributed by atoms with van der Waals surface area (Å²) in [5, 5.41) is 0.981. The summed E-state index contributed by atoms with van der Waals surface area (Å²) in [6.45, 7) is 1.69. The van der Waals surface area contributed by atoms with Gasteiger partial charge in [0.05, 0.1) is 17.5 Å². The first-order valence-electron chi connectivity index (χ1n) is 5.84. The van der Waals surface area contributed by atoms with Crippen LogP contribution in [0.1, 0.15) is 6.42 Å². The van der Waals surface area contributed by atoms with E-state index in [1.165, 1.54) is 0 Å². The van der Waals surface area contributed by atoms with Gasteiger partial charge in [0, 0.05) is 10.1 Å². The van der Waals surface area contributed by atoms with E-state index >= 15 is 0 Å². The van der Waals surface area contributed by atoms with Crippen LogP contribution in [0.2, 0.25) is 0 Å². The van der Waals surface area contributed by atoms with E-state index in [0.29, 0.717) is 12.5 Å². The van der Waals surface area contributed by atoms with Crippen molar-refractivity contribution in [3.8, 4) is 5.88 Å². The lowest BCUT2D eigenvalue weighted by molar-refractivity contribution is 0.276. The molecule has 0 amide bonds. The Morgan fingerprint density at radius 1 is 1.28 bits per heavy atom. The smallest absolute Gasteiger partial charge is 0.224 e. The zero-order chi connectivity index (χ0) is 13.0. The second kappa shape index (κ2) is 6.29. The normalized spacial score (nSPS) is 11.1. The quantitative estimate of drug-likeness (QED) is 0.609. The lowest BCUT2D eigenvalue weighted by Crippen LogP contribution is -2.15. The maximum atomic E-state index is 5.74. The van der Waals surface area contributed by atoms with Crippen molar-refractivity contribution in [2.75, 3.05) is 27.2 Å². The van der Waals surface area contributed by atoms with E-state index in [9.17, 15) is 0 Å². The molecule has 0 atom stereocenters. The fourth-order valence-electron chi connectivity index (χ4n) is 1.67. The van der Waals surface area contributed by atoms with Crippen LogP contribution >= 0.6 is 22.6 Å². The molecule has 0 saturated heterocycles. The first-order chi connectivity index (χ1) is 8.66. The van der Waals surface area contributed by atoms with Crippen molar-refractivity contribution in [1.29, 1.82) is 0 Å². The van der Waals surface area contributed by atoms with Gasteiger partial charge in [-0.25, -0.2) is 9.97 Å². The highest BCUT2D eigenvalue weighted by Gasteiger charge is 2.05. The average molecular weight is 357 g/mol. The van der Waals surface area contributed by atoms with Gasteiger partial charge in [0.2, 0.25) is 5.88 Å². The summed E-state index contributed by atoms with van der Waals surface area (Å²) < 4.78 is 6.90. The van der Waals surface area contributed by atoms with Gasteiger partial charge in [-0.05, 0) is 61.3 Å². The first kappa shape index (κ1) is 13.5. The van der Waals surface area contributed by atoms with E-state index in [1.807, 2.05) is 12.1 Å². The van der Waals surface area contributed by atoms with Crippen LogP contribution in [0.5, 0.6) is 5.88 Å². The van der Waals surface area contributed by atoms with Crippen molar-refractivity contribution < 1.29 is 4.74 Å². The van der Waals surface area contributed by atoms with Crippen molar-refractivity contribution >= 4 is 33.5 Å². The molecule has 0 fully saturated rings. The molecule has 1 aromatic heterocycles. The maximum absolute atomic E-state index is 5.74. The van der Waals surface area contributed by atoms with E-state index in [4.69, 9.17) is 4.74 Å². The second-order valence-corrected chi connectivity index (χ2v) is 5.59. The Balaban J connectivity index is 2.10. The van der Waals surface area contributed by atoms with Crippen molar-refractivity contribution in [2.45, 2.75) is 6.42 Å². The number of benzene rings is 1. The first-order valence-corrected chi connectivity index (χ1v) is 6.92. The minimum Gasteiger partial charge on any atom is -0.477 e. The van der Waals surface area contributed by atoms with Gasteiger partial charge in [-0.3, -0.25) is 0 Å². The maximum Gasteiger partial charge on any atom is 0.224 e. The molecule has 1 aromatic carbocycles. The molecule has 96 valence electrons. The third-order valence-electron chi connectivity index (χ3n) is 2.55. The number of ether oxygens (including phenoxy) is 1. The molecule has 0 aliphatic heterocycles. The number of hydrogen-bond acceptors (Lipinski definition) is 4. The standard InChI is InChI=1S/C13H16IN3O/c1-17(2)6-3-7-18-13-11-8-10(14)4-5-12(11)15-9-16-13/h4-5,8-9H,3,6-7H2,1-2H3. The lowest BCUT2D eigenvalue weighted by Gasteiger charge is -2.10. The van der Waals surface area contributed by atoms with E-state index in [0.717, 1.165) is 27.4 Å². The Morgan fingerprint density at radius 2 is 2.11 bits per heavy atom. The molecule has 2 aromatic rings. The molecule has 0 aliphatic rings. The largest absolute Gasteiger partial charge is 0.477 e. The number of fused-ring (bicyclic) bond motifs is 1. The van der Waals surface area contributed by atoms with Crippen LogP contribution in [0.15, 0.2) is 24.5 Å². The summed E-state index contributed by atoms with van der Waals surface area (Å²) in [4.78, 5) is 10.6. The topological polar surface area (TPSA) is 38.2 Å². The number of aromatic nitrogens is 2. The molecule has 5 heteroatoms. The van der Waals surface area contributed by atoms with Crippen molar-refractivity contribution in [3.05, 3.63) is 28.1 Å². The second-order valence-electron chi connectivity index (χ2n) is 4.35. The number of rotatable bonds is 5. The van der Waals surface area contributed by atoms with Gasteiger partial charge < -0.3 is 9.64 Å². The van der Waals surface area contributed by atoms with Crippen LogP contribution < -0.4 is 4.74 Å². The van der Waals surface area contributed by atoms with Crippen molar-refractivity contribution in [3.63, 3.8) is 0 Å². The predicted octanol–water partition coefficient (Wildman–Crippen LogP) is 2.56. The molecule has 0 N–H and O–H groups in total. The van der Waals surface area contributed by atoms with Gasteiger partial charge in [-0.2, -0.15) is 0 Å². The molecule has 4 nitrogen and oxygen atoms in total. The molecule has 0 bridgehead atoms. The Bertz CT molecular complexity index is 531. The summed E-state index contributed by atoms with van der Waals surface area (Å²) in [7, 11) is 4.12. The monoisotopic (exact) mass is 357 g/mol. The van der Waals surface area contributed by atoms with Crippen LogP contribution in [0.25, 0.3) is 10.9 Å². The minimum atomic E-state index is 0.676. The van der Waals surface area contributed by atoms with Gasteiger partial charge >= 0.3 is 0 Å². The summed E-state index contributed by atoms with van der Waals surface area (Å²) in [6, 6.07) is 6.08. The fraction of sp³-hybridized carbons (Fsp3) is 0.385. The highest BCUT2D eigenvalue weighted by atomic mass is 127. The Hall–Kier alpha value is -0.950. The Labute approximate surface area is 121 Å². The van der Waals surface area contributed by atoms with Crippen LogP contribution in [-0.4, -0.2) is 42.1 Å². The predicted molar refractivity (Wildman–Crippen MR) is 80.9 cm³/mol. The molecular weight excluding hydrogens is 341 g/mol. The minimum absolute atomic E-state index is 0.676. The van der Waals surface area contributed by atoms with Gasteiger partial charge in [-0.15, -0.1) is 0 Å². The van der Waals surface area contributed by atoms with E-state index in [1.54, 1.807) is 6.33 Å². The third-order valence-corrected chi connectivity index (χ3v) is 3.22. The number of halogens is 1. The lowest BCUT2D eigenvalue weighted by atomic mass is 10.2. The zero-order valence-corrected chi connectivity index (χ0v) is 12.7. The molecular formula is C13H16IN3O. The fourth-order valence-corrected chi connectivity index (χ4v) is 2.16. The van der Waals surface area contributed by atoms with Gasteiger partial charge in [0.1, 0.15) is 6.33 Å². The summed E-state index contributed by atoms with van der Waals surface area (Å²) in [5.41, 5.74) is 0.924. The highest BCUT2D eigenvalue weighted by Crippen LogP contribution is 2.23. The highest BCUT2D eigenvalue weighted by molar-refractivity contribution is 14.1. The number of hydrogen-bond donors (Lipinski definition) is 0. The average Bonchev–Trinajstić information content (AvgIpc) is 2.34. The summed E-state index contributed by atoms with van der Waals surface area (Å²) >= 11 is 2.28.